The van der Waals surface area contributed by atoms with Gasteiger partial charge in [-0.2, -0.15) is 0 Å². The van der Waals surface area contributed by atoms with E-state index in [1.165, 1.54) is 13.0 Å². The van der Waals surface area contributed by atoms with E-state index in [0.717, 1.165) is 19.3 Å². The molecule has 0 atom stereocenters. The lowest BCUT2D eigenvalue weighted by molar-refractivity contribution is 0.244. The summed E-state index contributed by atoms with van der Waals surface area (Å²) in [6.07, 6.45) is 2.89. The minimum atomic E-state index is -0.484. The summed E-state index contributed by atoms with van der Waals surface area (Å²) < 4.78 is 27.0. The molecule has 0 radical (unpaired) electrons. The van der Waals surface area contributed by atoms with Gasteiger partial charge in [0.15, 0.2) is 0 Å². The molecule has 0 aliphatic heterocycles. The zero-order valence-corrected chi connectivity index (χ0v) is 8.82. The third-order valence-electron chi connectivity index (χ3n) is 3.59. The first-order chi connectivity index (χ1) is 7.10. The molecule has 1 aliphatic carbocycles. The second-order valence-corrected chi connectivity index (χ2v) is 4.37. The highest BCUT2D eigenvalue weighted by molar-refractivity contribution is 5.34. The van der Waals surface area contributed by atoms with Crippen LogP contribution in [0.4, 0.5) is 8.78 Å². The Morgan fingerprint density at radius 2 is 2.00 bits per heavy atom. The number of benzene rings is 1. The molecule has 0 amide bonds. The molecule has 15 heavy (non-hydrogen) atoms. The van der Waals surface area contributed by atoms with Crippen LogP contribution in [0.15, 0.2) is 12.1 Å². The molecule has 0 heterocycles. The van der Waals surface area contributed by atoms with Crippen molar-refractivity contribution in [3.8, 4) is 0 Å². The minimum Gasteiger partial charge on any atom is -0.330 e. The fourth-order valence-corrected chi connectivity index (χ4v) is 2.26. The molecule has 2 rings (SSSR count). The van der Waals surface area contributed by atoms with Gasteiger partial charge >= 0.3 is 0 Å². The molecule has 0 spiro atoms. The highest BCUT2D eigenvalue weighted by Crippen LogP contribution is 2.44. The Bertz CT molecular complexity index is 378. The van der Waals surface area contributed by atoms with Crippen molar-refractivity contribution in [1.82, 2.24) is 0 Å². The Hall–Kier alpha value is -0.960. The standard InChI is InChI=1S/C12H15F2N/c1-8-10(13)4-3-9(11(8)14)12(7-15)5-2-6-12/h3-4H,2,5-7,15H2,1H3. The lowest BCUT2D eigenvalue weighted by atomic mass is 9.64. The normalized spacial score (nSPS) is 18.7. The smallest absolute Gasteiger partial charge is 0.132 e. The van der Waals surface area contributed by atoms with Gasteiger partial charge in [0, 0.05) is 17.5 Å². The maximum absolute atomic E-state index is 13.9. The van der Waals surface area contributed by atoms with Gasteiger partial charge in [-0.05, 0) is 31.4 Å². The summed E-state index contributed by atoms with van der Waals surface area (Å²) in [5.74, 6) is -0.900. The molecule has 2 N–H and O–H groups in total. The molecule has 1 fully saturated rings. The molecule has 0 unspecified atom stereocenters. The Morgan fingerprint density at radius 1 is 1.33 bits per heavy atom. The van der Waals surface area contributed by atoms with Gasteiger partial charge in [-0.1, -0.05) is 12.5 Å². The van der Waals surface area contributed by atoms with E-state index in [1.807, 2.05) is 0 Å². The average Bonchev–Trinajstić information content (AvgIpc) is 2.17. The van der Waals surface area contributed by atoms with E-state index in [0.29, 0.717) is 12.1 Å². The highest BCUT2D eigenvalue weighted by Gasteiger charge is 2.39. The van der Waals surface area contributed by atoms with Crippen LogP contribution in [0.2, 0.25) is 0 Å². The molecule has 82 valence electrons. The summed E-state index contributed by atoms with van der Waals surface area (Å²) in [6, 6.07) is 2.88. The van der Waals surface area contributed by atoms with Gasteiger partial charge in [0.2, 0.25) is 0 Å². The number of hydrogen-bond acceptors (Lipinski definition) is 1. The van der Waals surface area contributed by atoms with Gasteiger partial charge < -0.3 is 5.73 Å². The zero-order chi connectivity index (χ0) is 11.1. The van der Waals surface area contributed by atoms with Crippen LogP contribution in [-0.4, -0.2) is 6.54 Å². The first-order valence-corrected chi connectivity index (χ1v) is 5.26. The number of rotatable bonds is 2. The molecule has 1 saturated carbocycles. The summed E-state index contributed by atoms with van der Waals surface area (Å²) in [6.45, 7) is 1.91. The van der Waals surface area contributed by atoms with Gasteiger partial charge in [-0.3, -0.25) is 0 Å². The number of nitrogens with two attached hydrogens (primary N) is 1. The monoisotopic (exact) mass is 211 g/mol. The summed E-state index contributed by atoms with van der Waals surface area (Å²) in [5, 5.41) is 0. The van der Waals surface area contributed by atoms with Crippen LogP contribution < -0.4 is 5.73 Å². The van der Waals surface area contributed by atoms with Crippen molar-refractivity contribution in [2.24, 2.45) is 5.73 Å². The van der Waals surface area contributed by atoms with Crippen LogP contribution in [0.5, 0.6) is 0 Å². The second kappa shape index (κ2) is 3.56. The third-order valence-corrected chi connectivity index (χ3v) is 3.59. The third kappa shape index (κ3) is 1.46. The maximum atomic E-state index is 13.9. The van der Waals surface area contributed by atoms with Gasteiger partial charge in [0.1, 0.15) is 11.6 Å². The predicted octanol–water partition coefficient (Wildman–Crippen LogP) is 2.65. The van der Waals surface area contributed by atoms with Crippen molar-refractivity contribution < 1.29 is 8.78 Å². The molecule has 3 heteroatoms. The van der Waals surface area contributed by atoms with E-state index >= 15 is 0 Å². The van der Waals surface area contributed by atoms with Gasteiger partial charge in [0.05, 0.1) is 0 Å². The van der Waals surface area contributed by atoms with Gasteiger partial charge in [-0.15, -0.1) is 0 Å². The van der Waals surface area contributed by atoms with Crippen molar-refractivity contribution in [2.75, 3.05) is 6.54 Å². The molecule has 1 nitrogen and oxygen atoms in total. The number of halogens is 2. The Balaban J connectivity index is 2.49. The first kappa shape index (κ1) is 10.6. The van der Waals surface area contributed by atoms with Crippen molar-refractivity contribution in [3.63, 3.8) is 0 Å². The average molecular weight is 211 g/mol. The van der Waals surface area contributed by atoms with Crippen LogP contribution in [-0.2, 0) is 5.41 Å². The Kier molecular flexibility index (Phi) is 2.51. The van der Waals surface area contributed by atoms with Crippen LogP contribution in [0.3, 0.4) is 0 Å². The van der Waals surface area contributed by atoms with Crippen molar-refractivity contribution in [1.29, 1.82) is 0 Å². The van der Waals surface area contributed by atoms with Crippen LogP contribution in [0, 0.1) is 18.6 Å². The van der Waals surface area contributed by atoms with Crippen molar-refractivity contribution in [3.05, 3.63) is 34.9 Å². The second-order valence-electron chi connectivity index (χ2n) is 4.37. The van der Waals surface area contributed by atoms with E-state index in [1.54, 1.807) is 6.07 Å². The van der Waals surface area contributed by atoms with Crippen LogP contribution in [0.25, 0.3) is 0 Å². The van der Waals surface area contributed by atoms with Crippen molar-refractivity contribution >= 4 is 0 Å². The maximum Gasteiger partial charge on any atom is 0.132 e. The van der Waals surface area contributed by atoms with E-state index in [9.17, 15) is 8.78 Å². The molecule has 0 aromatic heterocycles. The Labute approximate surface area is 88.3 Å². The fourth-order valence-electron chi connectivity index (χ4n) is 2.26. The first-order valence-electron chi connectivity index (χ1n) is 5.26. The van der Waals surface area contributed by atoms with E-state index in [2.05, 4.69) is 0 Å². The molecule has 1 aromatic rings. The molecule has 0 bridgehead atoms. The highest BCUT2D eigenvalue weighted by atomic mass is 19.1. The van der Waals surface area contributed by atoms with E-state index in [-0.39, 0.29) is 11.0 Å². The van der Waals surface area contributed by atoms with Gasteiger partial charge in [-0.25, -0.2) is 8.78 Å². The number of hydrogen-bond donors (Lipinski definition) is 1. The molecular formula is C12H15F2N. The topological polar surface area (TPSA) is 26.0 Å². The van der Waals surface area contributed by atoms with Crippen molar-refractivity contribution in [2.45, 2.75) is 31.6 Å². The molecule has 1 aliphatic rings. The zero-order valence-electron chi connectivity index (χ0n) is 8.82. The SMILES string of the molecule is Cc1c(F)ccc(C2(CN)CCC2)c1F. The minimum absolute atomic E-state index is 0.104. The summed E-state index contributed by atoms with van der Waals surface area (Å²) >= 11 is 0. The predicted molar refractivity (Wildman–Crippen MR) is 55.7 cm³/mol. The summed E-state index contributed by atoms with van der Waals surface area (Å²) in [4.78, 5) is 0. The fraction of sp³-hybridized carbons (Fsp3) is 0.500. The van der Waals surface area contributed by atoms with E-state index < -0.39 is 11.6 Å². The largest absolute Gasteiger partial charge is 0.330 e. The molecular weight excluding hydrogens is 196 g/mol. The quantitative estimate of drug-likeness (QED) is 0.799. The Morgan fingerprint density at radius 3 is 2.47 bits per heavy atom. The molecule has 0 saturated heterocycles. The summed E-state index contributed by atoms with van der Waals surface area (Å²) in [5.41, 5.74) is 6.16. The molecule has 1 aromatic carbocycles. The van der Waals surface area contributed by atoms with Crippen LogP contribution >= 0.6 is 0 Å². The lowest BCUT2D eigenvalue weighted by Crippen LogP contribution is -2.42. The van der Waals surface area contributed by atoms with Gasteiger partial charge in [0.25, 0.3) is 0 Å². The van der Waals surface area contributed by atoms with E-state index in [4.69, 9.17) is 5.73 Å². The summed E-state index contributed by atoms with van der Waals surface area (Å²) in [7, 11) is 0. The lowest BCUT2D eigenvalue weighted by Gasteiger charge is -2.41. The van der Waals surface area contributed by atoms with Crippen LogP contribution in [0.1, 0.15) is 30.4 Å².